The lowest BCUT2D eigenvalue weighted by Crippen LogP contribution is -2.27. The van der Waals surface area contributed by atoms with E-state index < -0.39 is 0 Å². The number of nitrogens with zero attached hydrogens (tertiary/aromatic N) is 2. The SMILES string of the molecule is C[C@@H](NC(=O)CSc1ncnc2sccc12)c1cc2ccccc2o1. The fourth-order valence-electron chi connectivity index (χ4n) is 2.59. The van der Waals surface area contributed by atoms with E-state index >= 15 is 0 Å². The van der Waals surface area contributed by atoms with Crippen molar-refractivity contribution < 1.29 is 9.21 Å². The Morgan fingerprint density at radius 2 is 2.20 bits per heavy atom. The van der Waals surface area contributed by atoms with Crippen molar-refractivity contribution in [1.82, 2.24) is 15.3 Å². The van der Waals surface area contributed by atoms with Crippen LogP contribution in [0, 0.1) is 0 Å². The maximum atomic E-state index is 12.3. The second-order valence-corrected chi connectivity index (χ2v) is 7.44. The first kappa shape index (κ1) is 16.1. The Morgan fingerprint density at radius 1 is 1.32 bits per heavy atom. The molecule has 0 aliphatic carbocycles. The summed E-state index contributed by atoms with van der Waals surface area (Å²) < 4.78 is 5.80. The number of carbonyl (C=O) groups excluding carboxylic acids is 1. The molecule has 126 valence electrons. The average molecular weight is 369 g/mol. The van der Waals surface area contributed by atoms with Gasteiger partial charge in [0.15, 0.2) is 0 Å². The summed E-state index contributed by atoms with van der Waals surface area (Å²) in [6, 6.07) is 11.6. The predicted molar refractivity (Wildman–Crippen MR) is 101 cm³/mol. The summed E-state index contributed by atoms with van der Waals surface area (Å²) >= 11 is 2.99. The maximum absolute atomic E-state index is 12.3. The number of thioether (sulfide) groups is 1. The molecular formula is C18H15N3O2S2. The van der Waals surface area contributed by atoms with E-state index in [-0.39, 0.29) is 11.9 Å². The summed E-state index contributed by atoms with van der Waals surface area (Å²) in [5, 5.41) is 7.82. The number of aromatic nitrogens is 2. The van der Waals surface area contributed by atoms with E-state index in [1.54, 1.807) is 11.3 Å². The monoisotopic (exact) mass is 369 g/mol. The van der Waals surface area contributed by atoms with Gasteiger partial charge in [-0.1, -0.05) is 30.0 Å². The van der Waals surface area contributed by atoms with Gasteiger partial charge in [0, 0.05) is 10.8 Å². The molecule has 0 spiro atoms. The Balaban J connectivity index is 1.40. The van der Waals surface area contributed by atoms with E-state index in [4.69, 9.17) is 4.42 Å². The number of hydrogen-bond acceptors (Lipinski definition) is 6. The Labute approximate surface area is 152 Å². The van der Waals surface area contributed by atoms with Crippen molar-refractivity contribution in [3.63, 3.8) is 0 Å². The van der Waals surface area contributed by atoms with Gasteiger partial charge in [-0.25, -0.2) is 9.97 Å². The second-order valence-electron chi connectivity index (χ2n) is 5.58. The molecule has 0 saturated heterocycles. The zero-order chi connectivity index (χ0) is 17.2. The Bertz CT molecular complexity index is 1010. The highest BCUT2D eigenvalue weighted by Gasteiger charge is 2.15. The Kier molecular flexibility index (Phi) is 4.42. The van der Waals surface area contributed by atoms with Gasteiger partial charge in [-0.2, -0.15) is 0 Å². The van der Waals surface area contributed by atoms with Crippen molar-refractivity contribution in [2.24, 2.45) is 0 Å². The molecule has 25 heavy (non-hydrogen) atoms. The van der Waals surface area contributed by atoms with E-state index in [9.17, 15) is 4.79 Å². The number of para-hydroxylation sites is 1. The highest BCUT2D eigenvalue weighted by Crippen LogP contribution is 2.28. The van der Waals surface area contributed by atoms with Crippen LogP contribution in [0.2, 0.25) is 0 Å². The van der Waals surface area contributed by atoms with Crippen LogP contribution >= 0.6 is 23.1 Å². The number of carbonyl (C=O) groups is 1. The van der Waals surface area contributed by atoms with Crippen molar-refractivity contribution >= 4 is 50.2 Å². The molecule has 4 aromatic rings. The molecule has 3 heterocycles. The first-order valence-electron chi connectivity index (χ1n) is 7.79. The fourth-order valence-corrected chi connectivity index (χ4v) is 4.18. The molecular weight excluding hydrogens is 354 g/mol. The summed E-state index contributed by atoms with van der Waals surface area (Å²) in [4.78, 5) is 21.7. The fraction of sp³-hybridized carbons (Fsp3) is 0.167. The van der Waals surface area contributed by atoms with Crippen LogP contribution in [-0.2, 0) is 4.79 Å². The molecule has 0 unspecified atom stereocenters. The minimum absolute atomic E-state index is 0.0556. The van der Waals surface area contributed by atoms with Gasteiger partial charge in [-0.3, -0.25) is 4.79 Å². The highest BCUT2D eigenvalue weighted by atomic mass is 32.2. The number of furan rings is 1. The molecule has 1 atom stereocenters. The van der Waals surface area contributed by atoms with Crippen LogP contribution < -0.4 is 5.32 Å². The summed E-state index contributed by atoms with van der Waals surface area (Å²) in [5.41, 5.74) is 0.828. The third kappa shape index (κ3) is 3.38. The zero-order valence-corrected chi connectivity index (χ0v) is 15.1. The topological polar surface area (TPSA) is 68.0 Å². The molecule has 5 nitrogen and oxygen atoms in total. The standard InChI is InChI=1S/C18H15N3O2S2/c1-11(15-8-12-4-2-3-5-14(12)23-15)21-16(22)9-25-18-13-6-7-24-17(13)19-10-20-18/h2-8,10-11H,9H2,1H3,(H,21,22)/t11-/m1/s1. The molecule has 0 aliphatic heterocycles. The van der Waals surface area contributed by atoms with Crippen LogP contribution in [0.4, 0.5) is 0 Å². The molecule has 1 aromatic carbocycles. The van der Waals surface area contributed by atoms with Gasteiger partial charge in [-0.05, 0) is 30.5 Å². The molecule has 3 aromatic heterocycles. The molecule has 0 fully saturated rings. The molecule has 0 radical (unpaired) electrons. The summed E-state index contributed by atoms with van der Waals surface area (Å²) in [6.07, 6.45) is 1.54. The zero-order valence-electron chi connectivity index (χ0n) is 13.4. The average Bonchev–Trinajstić information content (AvgIpc) is 3.26. The maximum Gasteiger partial charge on any atom is 0.230 e. The van der Waals surface area contributed by atoms with Gasteiger partial charge >= 0.3 is 0 Å². The number of nitrogens with one attached hydrogen (secondary N) is 1. The van der Waals surface area contributed by atoms with Crippen LogP contribution in [-0.4, -0.2) is 21.6 Å². The molecule has 7 heteroatoms. The minimum Gasteiger partial charge on any atom is -0.459 e. The van der Waals surface area contributed by atoms with Crippen molar-refractivity contribution in [1.29, 1.82) is 0 Å². The van der Waals surface area contributed by atoms with E-state index in [1.807, 2.05) is 48.7 Å². The van der Waals surface area contributed by atoms with E-state index in [2.05, 4.69) is 15.3 Å². The summed E-state index contributed by atoms with van der Waals surface area (Å²) in [7, 11) is 0. The lowest BCUT2D eigenvalue weighted by atomic mass is 10.2. The second kappa shape index (κ2) is 6.85. The van der Waals surface area contributed by atoms with E-state index in [0.717, 1.165) is 32.0 Å². The summed E-state index contributed by atoms with van der Waals surface area (Å²) in [5.74, 6) is 0.994. The highest BCUT2D eigenvalue weighted by molar-refractivity contribution is 8.00. The lowest BCUT2D eigenvalue weighted by Gasteiger charge is -2.11. The molecule has 4 rings (SSSR count). The first-order valence-corrected chi connectivity index (χ1v) is 9.66. The third-order valence-electron chi connectivity index (χ3n) is 3.81. The molecule has 0 bridgehead atoms. The van der Waals surface area contributed by atoms with Crippen LogP contribution in [0.3, 0.4) is 0 Å². The van der Waals surface area contributed by atoms with E-state index in [1.165, 1.54) is 18.1 Å². The lowest BCUT2D eigenvalue weighted by molar-refractivity contribution is -0.119. The first-order chi connectivity index (χ1) is 12.2. The number of hydrogen-bond donors (Lipinski definition) is 1. The van der Waals surface area contributed by atoms with Crippen molar-refractivity contribution in [3.05, 3.63) is 53.9 Å². The van der Waals surface area contributed by atoms with Crippen LogP contribution in [0.5, 0.6) is 0 Å². The van der Waals surface area contributed by atoms with Gasteiger partial charge in [0.2, 0.25) is 5.91 Å². The molecule has 1 N–H and O–H groups in total. The Morgan fingerprint density at radius 3 is 3.08 bits per heavy atom. The van der Waals surface area contributed by atoms with E-state index in [0.29, 0.717) is 5.75 Å². The number of thiophene rings is 1. The quantitative estimate of drug-likeness (QED) is 0.417. The molecule has 1 amide bonds. The smallest absolute Gasteiger partial charge is 0.230 e. The van der Waals surface area contributed by atoms with Gasteiger partial charge in [0.05, 0.1) is 11.8 Å². The molecule has 0 saturated carbocycles. The number of amides is 1. The van der Waals surface area contributed by atoms with Crippen molar-refractivity contribution in [2.45, 2.75) is 18.0 Å². The van der Waals surface area contributed by atoms with Gasteiger partial charge < -0.3 is 9.73 Å². The number of fused-ring (bicyclic) bond motifs is 2. The normalized spacial score (nSPS) is 12.5. The van der Waals surface area contributed by atoms with Crippen LogP contribution in [0.25, 0.3) is 21.2 Å². The number of rotatable bonds is 5. The summed E-state index contributed by atoms with van der Waals surface area (Å²) in [6.45, 7) is 1.92. The van der Waals surface area contributed by atoms with Crippen molar-refractivity contribution in [3.8, 4) is 0 Å². The van der Waals surface area contributed by atoms with Gasteiger partial charge in [-0.15, -0.1) is 11.3 Å². The largest absolute Gasteiger partial charge is 0.459 e. The van der Waals surface area contributed by atoms with Crippen molar-refractivity contribution in [2.75, 3.05) is 5.75 Å². The van der Waals surface area contributed by atoms with Crippen LogP contribution in [0.15, 0.2) is 57.5 Å². The van der Waals surface area contributed by atoms with Gasteiger partial charge in [0.1, 0.15) is 27.5 Å². The number of benzene rings is 1. The molecule has 0 aliphatic rings. The predicted octanol–water partition coefficient (Wildman–Crippen LogP) is 4.41. The van der Waals surface area contributed by atoms with Gasteiger partial charge in [0.25, 0.3) is 0 Å². The minimum atomic E-state index is -0.188. The Hall–Kier alpha value is -2.38. The van der Waals surface area contributed by atoms with Crippen LogP contribution in [0.1, 0.15) is 18.7 Å². The third-order valence-corrected chi connectivity index (χ3v) is 5.64.